The van der Waals surface area contributed by atoms with Crippen LogP contribution >= 0.6 is 27.3 Å². The molecule has 0 aromatic carbocycles. The Hall–Kier alpha value is -0.810. The van der Waals surface area contributed by atoms with Gasteiger partial charge in [-0.2, -0.15) is 0 Å². The number of nitrogens with zero attached hydrogens (tertiary/aromatic N) is 2. The number of nitrogens with one attached hydrogen (secondary N) is 1. The van der Waals surface area contributed by atoms with Gasteiger partial charge in [0.25, 0.3) is 0 Å². The zero-order valence-electron chi connectivity index (χ0n) is 11.7. The lowest BCUT2D eigenvalue weighted by Crippen LogP contribution is -2.15. The van der Waals surface area contributed by atoms with Crippen LogP contribution in [0.4, 0.5) is 5.95 Å². The van der Waals surface area contributed by atoms with E-state index in [1.54, 1.807) is 11.3 Å². The van der Waals surface area contributed by atoms with E-state index in [4.69, 9.17) is 0 Å². The molecule has 2 aromatic rings. The molecule has 0 amide bonds. The molecule has 1 fully saturated rings. The smallest absolute Gasteiger partial charge is 0.203 e. The van der Waals surface area contributed by atoms with E-state index in [0.717, 1.165) is 18.2 Å². The molecule has 0 atom stereocenters. The Morgan fingerprint density at radius 1 is 1.40 bits per heavy atom. The third-order valence-corrected chi connectivity index (χ3v) is 5.85. The molecule has 0 aliphatic heterocycles. The summed E-state index contributed by atoms with van der Waals surface area (Å²) in [5, 5.41) is 5.62. The Morgan fingerprint density at radius 2 is 2.20 bits per heavy atom. The van der Waals surface area contributed by atoms with Crippen molar-refractivity contribution in [1.29, 1.82) is 0 Å². The van der Waals surface area contributed by atoms with Gasteiger partial charge in [-0.25, -0.2) is 4.98 Å². The first-order chi connectivity index (χ1) is 9.74. The maximum absolute atomic E-state index is 4.66. The molecule has 2 aromatic heterocycles. The second-order valence-electron chi connectivity index (χ2n) is 5.45. The molecule has 108 valence electrons. The van der Waals surface area contributed by atoms with Crippen molar-refractivity contribution < 1.29 is 0 Å². The molecule has 1 saturated carbocycles. The SMILES string of the molecule is Cc1cn(C2CCCCC2)c(NCc2sccc2Br)n1. The molecule has 0 radical (unpaired) electrons. The number of aryl methyl sites for hydroxylation is 1. The standard InChI is InChI=1S/C15H20BrN3S/c1-11-10-19(12-5-3-2-4-6-12)15(18-11)17-9-14-13(16)7-8-20-14/h7-8,10,12H,2-6,9H2,1H3,(H,17,18). The number of thiophene rings is 1. The van der Waals surface area contributed by atoms with Gasteiger partial charge in [-0.1, -0.05) is 19.3 Å². The summed E-state index contributed by atoms with van der Waals surface area (Å²) in [6.07, 6.45) is 8.84. The van der Waals surface area contributed by atoms with Gasteiger partial charge in [0, 0.05) is 21.6 Å². The summed E-state index contributed by atoms with van der Waals surface area (Å²) in [4.78, 5) is 5.98. The highest BCUT2D eigenvalue weighted by atomic mass is 79.9. The van der Waals surface area contributed by atoms with Crippen LogP contribution in [0.5, 0.6) is 0 Å². The van der Waals surface area contributed by atoms with Gasteiger partial charge in [0.1, 0.15) is 0 Å². The van der Waals surface area contributed by atoms with Crippen molar-refractivity contribution >= 4 is 33.2 Å². The zero-order valence-corrected chi connectivity index (χ0v) is 14.1. The quantitative estimate of drug-likeness (QED) is 0.825. The van der Waals surface area contributed by atoms with Crippen LogP contribution in [0.3, 0.4) is 0 Å². The summed E-state index contributed by atoms with van der Waals surface area (Å²) in [7, 11) is 0. The van der Waals surface area contributed by atoms with Crippen molar-refractivity contribution in [3.8, 4) is 0 Å². The lowest BCUT2D eigenvalue weighted by Gasteiger charge is -2.24. The summed E-state index contributed by atoms with van der Waals surface area (Å²) in [5.74, 6) is 1.02. The van der Waals surface area contributed by atoms with Gasteiger partial charge in [0.05, 0.1) is 12.2 Å². The maximum Gasteiger partial charge on any atom is 0.203 e. The van der Waals surface area contributed by atoms with E-state index in [9.17, 15) is 0 Å². The van der Waals surface area contributed by atoms with Crippen LogP contribution in [0.1, 0.15) is 48.7 Å². The molecule has 2 heterocycles. The normalized spacial score (nSPS) is 16.5. The van der Waals surface area contributed by atoms with Crippen LogP contribution in [0.15, 0.2) is 22.1 Å². The molecule has 1 N–H and O–H groups in total. The monoisotopic (exact) mass is 353 g/mol. The van der Waals surface area contributed by atoms with Crippen LogP contribution in [0.2, 0.25) is 0 Å². The predicted molar refractivity (Wildman–Crippen MR) is 88.4 cm³/mol. The molecular weight excluding hydrogens is 334 g/mol. The Bertz CT molecular complexity index is 569. The van der Waals surface area contributed by atoms with E-state index in [-0.39, 0.29) is 0 Å². The summed E-state index contributed by atoms with van der Waals surface area (Å²) in [5.41, 5.74) is 1.10. The topological polar surface area (TPSA) is 29.9 Å². The van der Waals surface area contributed by atoms with Gasteiger partial charge in [0.15, 0.2) is 0 Å². The number of imidazole rings is 1. The Labute approximate surface area is 132 Å². The van der Waals surface area contributed by atoms with E-state index < -0.39 is 0 Å². The minimum atomic E-state index is 0.624. The molecule has 0 unspecified atom stereocenters. The molecule has 5 heteroatoms. The first-order valence-electron chi connectivity index (χ1n) is 7.25. The van der Waals surface area contributed by atoms with Crippen LogP contribution in [0, 0.1) is 6.92 Å². The molecule has 1 aliphatic carbocycles. The van der Waals surface area contributed by atoms with E-state index >= 15 is 0 Å². The number of aromatic nitrogens is 2. The molecule has 20 heavy (non-hydrogen) atoms. The summed E-state index contributed by atoms with van der Waals surface area (Å²) < 4.78 is 3.54. The van der Waals surface area contributed by atoms with Crippen LogP contribution in [-0.2, 0) is 6.54 Å². The predicted octanol–water partition coefficient (Wildman–Crippen LogP) is 5.13. The Balaban J connectivity index is 1.74. The maximum atomic E-state index is 4.66. The van der Waals surface area contributed by atoms with E-state index in [0.29, 0.717) is 6.04 Å². The second kappa shape index (κ2) is 6.31. The van der Waals surface area contributed by atoms with Crippen LogP contribution in [-0.4, -0.2) is 9.55 Å². The summed E-state index contributed by atoms with van der Waals surface area (Å²) in [6, 6.07) is 2.72. The summed E-state index contributed by atoms with van der Waals surface area (Å²) >= 11 is 5.35. The minimum absolute atomic E-state index is 0.624. The van der Waals surface area contributed by atoms with Crippen molar-refractivity contribution in [3.63, 3.8) is 0 Å². The highest BCUT2D eigenvalue weighted by Crippen LogP contribution is 2.31. The van der Waals surface area contributed by atoms with Gasteiger partial charge in [-0.15, -0.1) is 11.3 Å². The van der Waals surface area contributed by atoms with Gasteiger partial charge in [0.2, 0.25) is 5.95 Å². The Morgan fingerprint density at radius 3 is 2.90 bits per heavy atom. The average Bonchev–Trinajstić information content (AvgIpc) is 3.03. The van der Waals surface area contributed by atoms with Gasteiger partial charge >= 0.3 is 0 Å². The van der Waals surface area contributed by atoms with Crippen LogP contribution in [0.25, 0.3) is 0 Å². The molecule has 0 saturated heterocycles. The average molecular weight is 354 g/mol. The van der Waals surface area contributed by atoms with Gasteiger partial charge in [-0.05, 0) is 47.1 Å². The van der Waals surface area contributed by atoms with Crippen molar-refractivity contribution in [2.45, 2.75) is 51.6 Å². The first-order valence-corrected chi connectivity index (χ1v) is 8.92. The van der Waals surface area contributed by atoms with Gasteiger partial charge in [-0.3, -0.25) is 0 Å². The van der Waals surface area contributed by atoms with Gasteiger partial charge < -0.3 is 9.88 Å². The molecule has 0 bridgehead atoms. The largest absolute Gasteiger partial charge is 0.351 e. The highest BCUT2D eigenvalue weighted by Gasteiger charge is 2.18. The fraction of sp³-hybridized carbons (Fsp3) is 0.533. The minimum Gasteiger partial charge on any atom is -0.351 e. The first kappa shape index (κ1) is 14.1. The van der Waals surface area contributed by atoms with Crippen molar-refractivity contribution in [2.24, 2.45) is 0 Å². The molecular formula is C15H20BrN3S. The molecule has 0 spiro atoms. The number of hydrogen-bond donors (Lipinski definition) is 1. The van der Waals surface area contributed by atoms with Crippen molar-refractivity contribution in [2.75, 3.05) is 5.32 Å². The number of rotatable bonds is 4. The van der Waals surface area contributed by atoms with E-state index in [1.807, 2.05) is 0 Å². The molecule has 3 rings (SSSR count). The van der Waals surface area contributed by atoms with E-state index in [1.165, 1.54) is 41.5 Å². The highest BCUT2D eigenvalue weighted by molar-refractivity contribution is 9.10. The lowest BCUT2D eigenvalue weighted by molar-refractivity contribution is 0.355. The van der Waals surface area contributed by atoms with Crippen LogP contribution < -0.4 is 5.32 Å². The van der Waals surface area contributed by atoms with E-state index in [2.05, 4.69) is 55.4 Å². The third kappa shape index (κ3) is 3.09. The number of halogens is 1. The lowest BCUT2D eigenvalue weighted by atomic mass is 9.95. The van der Waals surface area contributed by atoms with Crippen molar-refractivity contribution in [1.82, 2.24) is 9.55 Å². The number of anilines is 1. The second-order valence-corrected chi connectivity index (χ2v) is 7.31. The zero-order chi connectivity index (χ0) is 13.9. The summed E-state index contributed by atoms with van der Waals surface area (Å²) in [6.45, 7) is 2.91. The molecule has 3 nitrogen and oxygen atoms in total. The number of hydrogen-bond acceptors (Lipinski definition) is 3. The fourth-order valence-electron chi connectivity index (χ4n) is 2.90. The Kier molecular flexibility index (Phi) is 4.46. The van der Waals surface area contributed by atoms with Crippen molar-refractivity contribution in [3.05, 3.63) is 32.7 Å². The third-order valence-electron chi connectivity index (χ3n) is 3.92. The fourth-order valence-corrected chi connectivity index (χ4v) is 4.33. The molecule has 1 aliphatic rings.